The zero-order valence-corrected chi connectivity index (χ0v) is 12.4. The van der Waals surface area contributed by atoms with Crippen molar-refractivity contribution in [2.45, 2.75) is 44.6 Å². The standard InChI is InChI=1S/C15H26N4O/c1-15(11-17,13-2-3-13)18-14(20)10-19-8-5-12(4-7-16)6-9-19/h12-13H,2-10,16H2,1H3,(H,18,20). The summed E-state index contributed by atoms with van der Waals surface area (Å²) in [4.78, 5) is 14.3. The van der Waals surface area contributed by atoms with Crippen LogP contribution < -0.4 is 11.1 Å². The van der Waals surface area contributed by atoms with Gasteiger partial charge >= 0.3 is 0 Å². The molecule has 1 amide bonds. The van der Waals surface area contributed by atoms with Crippen LogP contribution in [0.4, 0.5) is 0 Å². The third-order valence-corrected chi connectivity index (χ3v) is 4.67. The molecule has 5 heteroatoms. The molecule has 1 aliphatic carbocycles. The van der Waals surface area contributed by atoms with Crippen LogP contribution in [0.5, 0.6) is 0 Å². The van der Waals surface area contributed by atoms with Gasteiger partial charge in [0.1, 0.15) is 5.54 Å². The van der Waals surface area contributed by atoms with Gasteiger partial charge in [-0.1, -0.05) is 0 Å². The number of nitrogens with one attached hydrogen (secondary N) is 1. The van der Waals surface area contributed by atoms with Crippen LogP contribution in [0.2, 0.25) is 0 Å². The molecule has 1 unspecified atom stereocenters. The quantitative estimate of drug-likeness (QED) is 0.755. The number of piperidine rings is 1. The van der Waals surface area contributed by atoms with Crippen LogP contribution >= 0.6 is 0 Å². The molecule has 112 valence electrons. The fourth-order valence-electron chi connectivity index (χ4n) is 3.08. The van der Waals surface area contributed by atoms with Gasteiger partial charge in [0.2, 0.25) is 5.91 Å². The van der Waals surface area contributed by atoms with Crippen LogP contribution in [-0.2, 0) is 4.79 Å². The van der Waals surface area contributed by atoms with Crippen molar-refractivity contribution in [3.8, 4) is 6.07 Å². The molecular weight excluding hydrogens is 252 g/mol. The van der Waals surface area contributed by atoms with Crippen LogP contribution in [-0.4, -0.2) is 42.5 Å². The second kappa shape index (κ2) is 6.55. The zero-order chi connectivity index (χ0) is 14.6. The molecule has 2 fully saturated rings. The lowest BCUT2D eigenvalue weighted by molar-refractivity contribution is -0.124. The van der Waals surface area contributed by atoms with E-state index in [0.717, 1.165) is 57.7 Å². The van der Waals surface area contributed by atoms with E-state index in [4.69, 9.17) is 5.73 Å². The first kappa shape index (κ1) is 15.3. The molecule has 0 aromatic heterocycles. The molecule has 0 aromatic rings. The van der Waals surface area contributed by atoms with Crippen molar-refractivity contribution in [3.05, 3.63) is 0 Å². The Bertz CT molecular complexity index is 380. The third kappa shape index (κ3) is 3.94. The number of nitrogens with two attached hydrogens (primary N) is 1. The predicted molar refractivity (Wildman–Crippen MR) is 77.7 cm³/mol. The average Bonchev–Trinajstić information content (AvgIpc) is 3.26. The summed E-state index contributed by atoms with van der Waals surface area (Å²) < 4.78 is 0. The van der Waals surface area contributed by atoms with Gasteiger partial charge in [-0.15, -0.1) is 0 Å². The van der Waals surface area contributed by atoms with Crippen LogP contribution in [0.3, 0.4) is 0 Å². The summed E-state index contributed by atoms with van der Waals surface area (Å²) >= 11 is 0. The van der Waals surface area contributed by atoms with Crippen molar-refractivity contribution in [1.29, 1.82) is 5.26 Å². The fourth-order valence-corrected chi connectivity index (χ4v) is 3.08. The highest BCUT2D eigenvalue weighted by Gasteiger charge is 2.43. The number of amides is 1. The largest absolute Gasteiger partial charge is 0.337 e. The van der Waals surface area contributed by atoms with E-state index in [1.807, 2.05) is 6.92 Å². The summed E-state index contributed by atoms with van der Waals surface area (Å²) in [5.41, 5.74) is 4.91. The summed E-state index contributed by atoms with van der Waals surface area (Å²) in [6, 6.07) is 2.27. The van der Waals surface area contributed by atoms with Gasteiger partial charge in [-0.3, -0.25) is 9.69 Å². The average molecular weight is 278 g/mol. The minimum absolute atomic E-state index is 0.0155. The molecule has 0 radical (unpaired) electrons. The van der Waals surface area contributed by atoms with Crippen molar-refractivity contribution in [1.82, 2.24) is 10.2 Å². The Morgan fingerprint density at radius 2 is 2.05 bits per heavy atom. The molecule has 1 aliphatic heterocycles. The highest BCUT2D eigenvalue weighted by atomic mass is 16.2. The van der Waals surface area contributed by atoms with Gasteiger partial charge in [0.25, 0.3) is 0 Å². The first-order valence-electron chi connectivity index (χ1n) is 7.72. The van der Waals surface area contributed by atoms with E-state index in [2.05, 4.69) is 16.3 Å². The molecule has 5 nitrogen and oxygen atoms in total. The van der Waals surface area contributed by atoms with E-state index in [0.29, 0.717) is 12.5 Å². The SMILES string of the molecule is CC(C#N)(NC(=O)CN1CCC(CCN)CC1)C1CC1. The fraction of sp³-hybridized carbons (Fsp3) is 0.867. The second-order valence-corrected chi connectivity index (χ2v) is 6.43. The van der Waals surface area contributed by atoms with E-state index < -0.39 is 5.54 Å². The minimum Gasteiger partial charge on any atom is -0.337 e. The molecule has 2 aliphatic rings. The van der Waals surface area contributed by atoms with Gasteiger partial charge in [0.05, 0.1) is 12.6 Å². The number of nitrogens with zero attached hydrogens (tertiary/aromatic N) is 2. The monoisotopic (exact) mass is 278 g/mol. The molecule has 0 spiro atoms. The normalized spacial score (nSPS) is 23.9. The lowest BCUT2D eigenvalue weighted by Crippen LogP contribution is -2.51. The summed E-state index contributed by atoms with van der Waals surface area (Å²) in [7, 11) is 0. The van der Waals surface area contributed by atoms with Crippen molar-refractivity contribution < 1.29 is 4.79 Å². The van der Waals surface area contributed by atoms with Gasteiger partial charge in [0.15, 0.2) is 0 Å². The van der Waals surface area contributed by atoms with Crippen LogP contribution in [0, 0.1) is 23.2 Å². The molecule has 2 rings (SSSR count). The Kier molecular flexibility index (Phi) is 5.00. The van der Waals surface area contributed by atoms with Crippen molar-refractivity contribution in [3.63, 3.8) is 0 Å². The summed E-state index contributed by atoms with van der Waals surface area (Å²) in [6.07, 6.45) is 5.45. The highest BCUT2D eigenvalue weighted by Crippen LogP contribution is 2.39. The Balaban J connectivity index is 1.74. The highest BCUT2D eigenvalue weighted by molar-refractivity contribution is 5.79. The summed E-state index contributed by atoms with van der Waals surface area (Å²) in [6.45, 7) is 4.94. The van der Waals surface area contributed by atoms with Gasteiger partial charge in [0, 0.05) is 0 Å². The molecule has 1 saturated carbocycles. The lowest BCUT2D eigenvalue weighted by Gasteiger charge is -2.32. The molecule has 3 N–H and O–H groups in total. The number of nitriles is 1. The topological polar surface area (TPSA) is 82.2 Å². The Labute approximate surface area is 121 Å². The number of hydrogen-bond acceptors (Lipinski definition) is 4. The van der Waals surface area contributed by atoms with Gasteiger partial charge in [-0.2, -0.15) is 5.26 Å². The Morgan fingerprint density at radius 1 is 1.40 bits per heavy atom. The Hall–Kier alpha value is -1.12. The smallest absolute Gasteiger partial charge is 0.235 e. The second-order valence-electron chi connectivity index (χ2n) is 6.43. The zero-order valence-electron chi connectivity index (χ0n) is 12.4. The molecule has 20 heavy (non-hydrogen) atoms. The number of carbonyl (C=O) groups is 1. The maximum Gasteiger partial charge on any atom is 0.235 e. The summed E-state index contributed by atoms with van der Waals surface area (Å²) in [5, 5.41) is 12.2. The molecule has 0 bridgehead atoms. The number of hydrogen-bond donors (Lipinski definition) is 2. The van der Waals surface area contributed by atoms with Crippen LogP contribution in [0.15, 0.2) is 0 Å². The van der Waals surface area contributed by atoms with Crippen LogP contribution in [0.1, 0.15) is 39.0 Å². The van der Waals surface area contributed by atoms with Crippen LogP contribution in [0.25, 0.3) is 0 Å². The van der Waals surface area contributed by atoms with Gasteiger partial charge in [-0.05, 0) is 70.5 Å². The molecular formula is C15H26N4O. The minimum atomic E-state index is -0.672. The first-order valence-corrected chi connectivity index (χ1v) is 7.72. The van der Waals surface area contributed by atoms with Gasteiger partial charge < -0.3 is 11.1 Å². The van der Waals surface area contributed by atoms with E-state index in [1.54, 1.807) is 0 Å². The number of carbonyl (C=O) groups excluding carboxylic acids is 1. The lowest BCUT2D eigenvalue weighted by atomic mass is 9.93. The molecule has 1 saturated heterocycles. The van der Waals surface area contributed by atoms with E-state index in [1.165, 1.54) is 0 Å². The molecule has 1 heterocycles. The van der Waals surface area contributed by atoms with Gasteiger partial charge in [-0.25, -0.2) is 0 Å². The summed E-state index contributed by atoms with van der Waals surface area (Å²) in [5.74, 6) is 1.04. The van der Waals surface area contributed by atoms with Crippen molar-refractivity contribution >= 4 is 5.91 Å². The molecule has 0 aromatic carbocycles. The molecule has 1 atom stereocenters. The maximum absolute atomic E-state index is 12.1. The van der Waals surface area contributed by atoms with E-state index >= 15 is 0 Å². The number of likely N-dealkylation sites (tertiary alicyclic amines) is 1. The maximum atomic E-state index is 12.1. The third-order valence-electron chi connectivity index (χ3n) is 4.67. The predicted octanol–water partition coefficient (Wildman–Crippen LogP) is 0.856. The van der Waals surface area contributed by atoms with E-state index in [-0.39, 0.29) is 5.91 Å². The first-order chi connectivity index (χ1) is 9.57. The van der Waals surface area contributed by atoms with Crippen molar-refractivity contribution in [2.75, 3.05) is 26.2 Å². The van der Waals surface area contributed by atoms with Crippen molar-refractivity contribution in [2.24, 2.45) is 17.6 Å². The van der Waals surface area contributed by atoms with E-state index in [9.17, 15) is 10.1 Å². The Morgan fingerprint density at radius 3 is 2.55 bits per heavy atom. The number of rotatable bonds is 6.